The van der Waals surface area contributed by atoms with Gasteiger partial charge in [0.05, 0.1) is 0 Å². The van der Waals surface area contributed by atoms with Crippen LogP contribution in [-0.2, 0) is 4.79 Å². The summed E-state index contributed by atoms with van der Waals surface area (Å²) in [5.74, 6) is 0.0933. The zero-order valence-corrected chi connectivity index (χ0v) is 5.92. The first-order valence-electron chi connectivity index (χ1n) is 3.11. The molecule has 0 bridgehead atoms. The van der Waals surface area contributed by atoms with Crippen LogP contribution in [0, 0.1) is 0 Å². The van der Waals surface area contributed by atoms with Gasteiger partial charge in [-0.3, -0.25) is 4.79 Å². The third-order valence-corrected chi connectivity index (χ3v) is 0.814. The highest BCUT2D eigenvalue weighted by Gasteiger charge is 1.75. The molecule has 0 aromatic rings. The molecule has 50 valence electrons. The molecule has 0 aromatic heterocycles. The van der Waals surface area contributed by atoms with E-state index in [1.807, 2.05) is 12.2 Å². The molecular weight excluding hydrogens is 112 g/mol. The number of rotatable bonds is 3. The summed E-state index contributed by atoms with van der Waals surface area (Å²) in [5, 5.41) is 0. The summed E-state index contributed by atoms with van der Waals surface area (Å²) >= 11 is 0. The summed E-state index contributed by atoms with van der Waals surface area (Å²) in [6, 6.07) is 0. The fourth-order valence-corrected chi connectivity index (χ4v) is 0.406. The second kappa shape index (κ2) is 5.29. The lowest BCUT2D eigenvalue weighted by Gasteiger charge is -1.74. The highest BCUT2D eigenvalue weighted by atomic mass is 16.1. The molecule has 0 unspecified atom stereocenters. The molecular formula is C8H12O. The van der Waals surface area contributed by atoms with Crippen molar-refractivity contribution in [2.45, 2.75) is 20.3 Å². The highest BCUT2D eigenvalue weighted by Crippen LogP contribution is 1.81. The van der Waals surface area contributed by atoms with Gasteiger partial charge in [0.2, 0.25) is 0 Å². The predicted octanol–water partition coefficient (Wildman–Crippen LogP) is 2.10. The zero-order valence-electron chi connectivity index (χ0n) is 5.92. The van der Waals surface area contributed by atoms with E-state index in [2.05, 4.69) is 6.92 Å². The van der Waals surface area contributed by atoms with Crippen LogP contribution in [0.15, 0.2) is 24.3 Å². The molecule has 0 aromatic carbocycles. The zero-order chi connectivity index (χ0) is 7.11. The Bertz CT molecular complexity index is 132. The Labute approximate surface area is 56.1 Å². The Morgan fingerprint density at radius 1 is 1.44 bits per heavy atom. The third-order valence-electron chi connectivity index (χ3n) is 0.814. The fraction of sp³-hybridized carbons (Fsp3) is 0.375. The van der Waals surface area contributed by atoms with Crippen molar-refractivity contribution < 1.29 is 4.79 Å². The Hall–Kier alpha value is -0.850. The molecule has 0 radical (unpaired) electrons. The first-order valence-corrected chi connectivity index (χ1v) is 3.11. The Balaban J connectivity index is 3.47. The van der Waals surface area contributed by atoms with Crippen LogP contribution in [-0.4, -0.2) is 5.78 Å². The number of ketones is 1. The molecule has 9 heavy (non-hydrogen) atoms. The van der Waals surface area contributed by atoms with Gasteiger partial charge in [-0.05, 0) is 19.4 Å². The molecule has 0 aliphatic carbocycles. The molecule has 0 amide bonds. The summed E-state index contributed by atoms with van der Waals surface area (Å²) in [7, 11) is 0. The molecule has 1 heteroatoms. The highest BCUT2D eigenvalue weighted by molar-refractivity contribution is 5.87. The van der Waals surface area contributed by atoms with Crippen molar-refractivity contribution in [1.82, 2.24) is 0 Å². The van der Waals surface area contributed by atoms with Crippen molar-refractivity contribution >= 4 is 5.78 Å². The van der Waals surface area contributed by atoms with Crippen LogP contribution in [0.2, 0.25) is 0 Å². The van der Waals surface area contributed by atoms with E-state index in [1.54, 1.807) is 12.2 Å². The van der Waals surface area contributed by atoms with Crippen LogP contribution >= 0.6 is 0 Å². The van der Waals surface area contributed by atoms with Gasteiger partial charge in [-0.2, -0.15) is 0 Å². The van der Waals surface area contributed by atoms with E-state index in [4.69, 9.17) is 0 Å². The number of hydrogen-bond acceptors (Lipinski definition) is 1. The van der Waals surface area contributed by atoms with Crippen LogP contribution < -0.4 is 0 Å². The number of carbonyl (C=O) groups is 1. The van der Waals surface area contributed by atoms with E-state index in [-0.39, 0.29) is 5.78 Å². The molecule has 0 spiro atoms. The molecule has 0 aliphatic rings. The average molecular weight is 124 g/mol. The van der Waals surface area contributed by atoms with Crippen LogP contribution in [0.25, 0.3) is 0 Å². The van der Waals surface area contributed by atoms with E-state index in [1.165, 1.54) is 6.92 Å². The van der Waals surface area contributed by atoms with Gasteiger partial charge in [-0.15, -0.1) is 0 Å². The maximum Gasteiger partial charge on any atom is 0.152 e. The maximum atomic E-state index is 10.3. The fourth-order valence-electron chi connectivity index (χ4n) is 0.406. The second-order valence-corrected chi connectivity index (χ2v) is 1.81. The maximum absolute atomic E-state index is 10.3. The van der Waals surface area contributed by atoms with Gasteiger partial charge in [-0.25, -0.2) is 0 Å². The number of allylic oxidation sites excluding steroid dienone is 4. The van der Waals surface area contributed by atoms with Crippen molar-refractivity contribution in [3.8, 4) is 0 Å². The summed E-state index contributed by atoms with van der Waals surface area (Å²) in [6.45, 7) is 3.59. The molecule has 0 N–H and O–H groups in total. The molecule has 0 saturated heterocycles. The van der Waals surface area contributed by atoms with Gasteiger partial charge in [0, 0.05) is 0 Å². The second-order valence-electron chi connectivity index (χ2n) is 1.81. The Kier molecular flexibility index (Phi) is 4.79. The Morgan fingerprint density at radius 2 is 2.11 bits per heavy atom. The first kappa shape index (κ1) is 8.15. The van der Waals surface area contributed by atoms with Crippen LogP contribution in [0.5, 0.6) is 0 Å². The van der Waals surface area contributed by atoms with E-state index in [9.17, 15) is 4.79 Å². The molecule has 0 aliphatic heterocycles. The first-order chi connectivity index (χ1) is 4.27. The summed E-state index contributed by atoms with van der Waals surface area (Å²) in [5.41, 5.74) is 0. The number of hydrogen-bond donors (Lipinski definition) is 0. The van der Waals surface area contributed by atoms with Crippen molar-refractivity contribution in [3.05, 3.63) is 24.3 Å². The van der Waals surface area contributed by atoms with Crippen LogP contribution in [0.4, 0.5) is 0 Å². The van der Waals surface area contributed by atoms with Crippen LogP contribution in [0.3, 0.4) is 0 Å². The van der Waals surface area contributed by atoms with Gasteiger partial charge in [0.15, 0.2) is 5.78 Å². The lowest BCUT2D eigenvalue weighted by molar-refractivity contribution is -0.112. The van der Waals surface area contributed by atoms with Crippen LogP contribution in [0.1, 0.15) is 20.3 Å². The normalized spacial score (nSPS) is 11.3. The number of carbonyl (C=O) groups excluding carboxylic acids is 1. The van der Waals surface area contributed by atoms with Crippen molar-refractivity contribution in [2.24, 2.45) is 0 Å². The third kappa shape index (κ3) is 7.15. The molecule has 0 fully saturated rings. The summed E-state index contributed by atoms with van der Waals surface area (Å²) in [6.07, 6.45) is 8.20. The monoisotopic (exact) mass is 124 g/mol. The minimum absolute atomic E-state index is 0.0933. The molecule has 0 rings (SSSR count). The van der Waals surface area contributed by atoms with E-state index >= 15 is 0 Å². The topological polar surface area (TPSA) is 17.1 Å². The van der Waals surface area contributed by atoms with Gasteiger partial charge in [-0.1, -0.05) is 25.2 Å². The minimum atomic E-state index is 0.0933. The lowest BCUT2D eigenvalue weighted by Crippen LogP contribution is -1.77. The molecule has 1 nitrogen and oxygen atoms in total. The average Bonchev–Trinajstić information content (AvgIpc) is 1.80. The predicted molar refractivity (Wildman–Crippen MR) is 39.3 cm³/mol. The smallest absolute Gasteiger partial charge is 0.152 e. The minimum Gasteiger partial charge on any atom is -0.295 e. The largest absolute Gasteiger partial charge is 0.295 e. The van der Waals surface area contributed by atoms with E-state index < -0.39 is 0 Å². The van der Waals surface area contributed by atoms with E-state index in [0.717, 1.165) is 6.42 Å². The SMILES string of the molecule is CCC=CC=CC(C)=O. The standard InChI is InChI=1S/C8H12O/c1-3-4-5-6-7-8(2)9/h4-7H,3H2,1-2H3. The van der Waals surface area contributed by atoms with Crippen molar-refractivity contribution in [3.63, 3.8) is 0 Å². The lowest BCUT2D eigenvalue weighted by atomic mass is 10.3. The quantitative estimate of drug-likeness (QED) is 0.416. The van der Waals surface area contributed by atoms with Gasteiger partial charge in [0.25, 0.3) is 0 Å². The summed E-state index contributed by atoms with van der Waals surface area (Å²) in [4.78, 5) is 10.3. The van der Waals surface area contributed by atoms with Crippen molar-refractivity contribution in [1.29, 1.82) is 0 Å². The molecule has 0 atom stereocenters. The van der Waals surface area contributed by atoms with E-state index in [0.29, 0.717) is 0 Å². The van der Waals surface area contributed by atoms with Gasteiger partial charge in [0.1, 0.15) is 0 Å². The van der Waals surface area contributed by atoms with Crippen molar-refractivity contribution in [2.75, 3.05) is 0 Å². The van der Waals surface area contributed by atoms with Gasteiger partial charge >= 0.3 is 0 Å². The molecule has 0 saturated carbocycles. The Morgan fingerprint density at radius 3 is 2.56 bits per heavy atom. The van der Waals surface area contributed by atoms with Gasteiger partial charge < -0.3 is 0 Å². The molecule has 0 heterocycles. The summed E-state index contributed by atoms with van der Waals surface area (Å²) < 4.78 is 0.